The molecule has 0 amide bonds. The summed E-state index contributed by atoms with van der Waals surface area (Å²) in [6.07, 6.45) is 2.72. The fraction of sp³-hybridized carbons (Fsp3) is 0.0909. The number of nitrogens with zero attached hydrogens (tertiary/aromatic N) is 1. The maximum Gasteiger partial charge on any atom is 0.337 e. The Morgan fingerprint density at radius 1 is 1.59 bits per heavy atom. The predicted molar refractivity (Wildman–Crippen MR) is 58.6 cm³/mol. The molecule has 2 aromatic heterocycles. The molecule has 0 saturated heterocycles. The fourth-order valence-electron chi connectivity index (χ4n) is 1.24. The molecular formula is C11H10N2O4. The zero-order valence-corrected chi connectivity index (χ0v) is 8.79. The Bertz CT molecular complexity index is 522. The topological polar surface area (TPSA) is 98.6 Å². The van der Waals surface area contributed by atoms with E-state index in [2.05, 4.69) is 4.98 Å². The third kappa shape index (κ3) is 2.54. The van der Waals surface area contributed by atoms with Crippen molar-refractivity contribution in [3.8, 4) is 5.88 Å². The van der Waals surface area contributed by atoms with Crippen LogP contribution in [-0.2, 0) is 6.61 Å². The van der Waals surface area contributed by atoms with Crippen LogP contribution in [0.25, 0.3) is 0 Å². The summed E-state index contributed by atoms with van der Waals surface area (Å²) in [5.74, 6) is -0.262. The van der Waals surface area contributed by atoms with Crippen LogP contribution in [0.2, 0.25) is 0 Å². The van der Waals surface area contributed by atoms with Crippen LogP contribution < -0.4 is 10.5 Å². The molecule has 6 nitrogen and oxygen atoms in total. The molecular weight excluding hydrogens is 224 g/mol. The predicted octanol–water partition coefficient (Wildman–Crippen LogP) is 1.53. The molecule has 0 aliphatic heterocycles. The molecule has 88 valence electrons. The van der Waals surface area contributed by atoms with E-state index in [4.69, 9.17) is 20.0 Å². The standard InChI is InChI=1S/C11H10N2O4/c12-9-4-7(11(14)15)5-13-10(9)17-6-8-2-1-3-16-8/h1-5H,6,12H2,(H,14,15). The molecule has 17 heavy (non-hydrogen) atoms. The Hall–Kier alpha value is -2.50. The van der Waals surface area contributed by atoms with Crippen LogP contribution >= 0.6 is 0 Å². The number of carboxylic acids is 1. The number of hydrogen-bond acceptors (Lipinski definition) is 5. The van der Waals surface area contributed by atoms with Crippen LogP contribution in [-0.4, -0.2) is 16.1 Å². The Morgan fingerprint density at radius 2 is 2.41 bits per heavy atom. The molecule has 0 aliphatic rings. The molecule has 3 N–H and O–H groups in total. The summed E-state index contributed by atoms with van der Waals surface area (Å²) >= 11 is 0. The number of nitrogens with two attached hydrogens (primary N) is 1. The monoisotopic (exact) mass is 234 g/mol. The lowest BCUT2D eigenvalue weighted by molar-refractivity contribution is 0.0696. The lowest BCUT2D eigenvalue weighted by atomic mass is 10.2. The van der Waals surface area contributed by atoms with Crippen molar-refractivity contribution in [3.63, 3.8) is 0 Å². The molecule has 0 saturated carbocycles. The van der Waals surface area contributed by atoms with Crippen molar-refractivity contribution in [1.82, 2.24) is 4.98 Å². The number of furan rings is 1. The SMILES string of the molecule is Nc1cc(C(=O)O)cnc1OCc1ccco1. The van der Waals surface area contributed by atoms with E-state index in [-0.39, 0.29) is 23.7 Å². The third-order valence-corrected chi connectivity index (χ3v) is 2.06. The van der Waals surface area contributed by atoms with Gasteiger partial charge in [-0.2, -0.15) is 0 Å². The molecule has 0 aliphatic carbocycles. The number of hydrogen-bond donors (Lipinski definition) is 2. The molecule has 0 unspecified atom stereocenters. The number of rotatable bonds is 4. The molecule has 2 rings (SSSR count). The highest BCUT2D eigenvalue weighted by Gasteiger charge is 2.09. The van der Waals surface area contributed by atoms with Crippen LogP contribution in [0.4, 0.5) is 5.69 Å². The van der Waals surface area contributed by atoms with Crippen LogP contribution in [0.1, 0.15) is 16.1 Å². The Kier molecular flexibility index (Phi) is 2.95. The third-order valence-electron chi connectivity index (χ3n) is 2.06. The first-order valence-corrected chi connectivity index (χ1v) is 4.81. The summed E-state index contributed by atoms with van der Waals surface area (Å²) in [6, 6.07) is 4.79. The average Bonchev–Trinajstić information content (AvgIpc) is 2.80. The van der Waals surface area contributed by atoms with Crippen LogP contribution in [0.3, 0.4) is 0 Å². The van der Waals surface area contributed by atoms with Crippen molar-refractivity contribution >= 4 is 11.7 Å². The molecule has 6 heteroatoms. The van der Waals surface area contributed by atoms with E-state index in [1.807, 2.05) is 0 Å². The van der Waals surface area contributed by atoms with E-state index >= 15 is 0 Å². The molecule has 0 atom stereocenters. The van der Waals surface area contributed by atoms with E-state index in [1.165, 1.54) is 18.5 Å². The summed E-state index contributed by atoms with van der Waals surface area (Å²) < 4.78 is 10.4. The van der Waals surface area contributed by atoms with Gasteiger partial charge in [0.25, 0.3) is 0 Å². The molecule has 0 aromatic carbocycles. The zero-order valence-electron chi connectivity index (χ0n) is 8.79. The number of aromatic carboxylic acids is 1. The highest BCUT2D eigenvalue weighted by Crippen LogP contribution is 2.20. The lowest BCUT2D eigenvalue weighted by Gasteiger charge is -2.06. The first-order valence-electron chi connectivity index (χ1n) is 4.81. The minimum atomic E-state index is -1.08. The average molecular weight is 234 g/mol. The number of aromatic nitrogens is 1. The van der Waals surface area contributed by atoms with Crippen molar-refractivity contribution in [2.24, 2.45) is 0 Å². The summed E-state index contributed by atoms with van der Waals surface area (Å²) in [7, 11) is 0. The van der Waals surface area contributed by atoms with Gasteiger partial charge < -0.3 is 20.0 Å². The van der Waals surface area contributed by atoms with E-state index in [0.717, 1.165) is 0 Å². The maximum absolute atomic E-state index is 10.7. The van der Waals surface area contributed by atoms with Crippen molar-refractivity contribution < 1.29 is 19.1 Å². The molecule has 0 bridgehead atoms. The highest BCUT2D eigenvalue weighted by atomic mass is 16.5. The van der Waals surface area contributed by atoms with Gasteiger partial charge in [-0.25, -0.2) is 9.78 Å². The summed E-state index contributed by atoms with van der Waals surface area (Å²) in [4.78, 5) is 14.5. The van der Waals surface area contributed by atoms with E-state index in [1.54, 1.807) is 12.1 Å². The first-order chi connectivity index (χ1) is 8.16. The van der Waals surface area contributed by atoms with Crippen LogP contribution in [0.15, 0.2) is 35.1 Å². The summed E-state index contributed by atoms with van der Waals surface area (Å²) in [6.45, 7) is 0.191. The van der Waals surface area contributed by atoms with Gasteiger partial charge in [0, 0.05) is 6.20 Å². The second-order valence-electron chi connectivity index (χ2n) is 3.29. The quantitative estimate of drug-likeness (QED) is 0.832. The van der Waals surface area contributed by atoms with Crippen molar-refractivity contribution in [3.05, 3.63) is 42.0 Å². The molecule has 0 fully saturated rings. The minimum absolute atomic E-state index is 0.0212. The van der Waals surface area contributed by atoms with E-state index in [0.29, 0.717) is 5.76 Å². The van der Waals surface area contributed by atoms with Gasteiger partial charge >= 0.3 is 5.97 Å². The molecule has 2 aromatic rings. The van der Waals surface area contributed by atoms with Crippen LogP contribution in [0, 0.1) is 0 Å². The largest absolute Gasteiger partial charge is 0.478 e. The second-order valence-corrected chi connectivity index (χ2v) is 3.29. The lowest BCUT2D eigenvalue weighted by Crippen LogP contribution is -2.04. The van der Waals surface area contributed by atoms with Crippen molar-refractivity contribution in [2.45, 2.75) is 6.61 Å². The zero-order chi connectivity index (χ0) is 12.3. The first kappa shape index (κ1) is 11.0. The van der Waals surface area contributed by atoms with Gasteiger partial charge in [-0.05, 0) is 18.2 Å². The number of pyridine rings is 1. The van der Waals surface area contributed by atoms with Gasteiger partial charge in [0.05, 0.1) is 17.5 Å². The van der Waals surface area contributed by atoms with Crippen molar-refractivity contribution in [2.75, 3.05) is 5.73 Å². The van der Waals surface area contributed by atoms with Gasteiger partial charge in [0.2, 0.25) is 5.88 Å². The van der Waals surface area contributed by atoms with Gasteiger partial charge in [-0.3, -0.25) is 0 Å². The number of carbonyl (C=O) groups is 1. The van der Waals surface area contributed by atoms with Crippen molar-refractivity contribution in [1.29, 1.82) is 0 Å². The van der Waals surface area contributed by atoms with Gasteiger partial charge in [-0.15, -0.1) is 0 Å². The fourth-order valence-corrected chi connectivity index (χ4v) is 1.24. The smallest absolute Gasteiger partial charge is 0.337 e. The van der Waals surface area contributed by atoms with E-state index < -0.39 is 5.97 Å². The Balaban J connectivity index is 2.09. The highest BCUT2D eigenvalue weighted by molar-refractivity contribution is 5.88. The van der Waals surface area contributed by atoms with Crippen LogP contribution in [0.5, 0.6) is 5.88 Å². The number of anilines is 1. The maximum atomic E-state index is 10.7. The Labute approximate surface area is 96.6 Å². The molecule has 0 spiro atoms. The molecule has 2 heterocycles. The number of nitrogen functional groups attached to an aromatic ring is 1. The second kappa shape index (κ2) is 4.56. The van der Waals surface area contributed by atoms with Gasteiger partial charge in [-0.1, -0.05) is 0 Å². The van der Waals surface area contributed by atoms with Gasteiger partial charge in [0.15, 0.2) is 0 Å². The Morgan fingerprint density at radius 3 is 3.00 bits per heavy atom. The van der Waals surface area contributed by atoms with Gasteiger partial charge in [0.1, 0.15) is 12.4 Å². The summed E-state index contributed by atoms with van der Waals surface area (Å²) in [5, 5.41) is 8.73. The normalized spacial score (nSPS) is 10.1. The van der Waals surface area contributed by atoms with E-state index in [9.17, 15) is 4.79 Å². The number of carboxylic acid groups (broad SMARTS) is 1. The minimum Gasteiger partial charge on any atom is -0.478 e. The number of ether oxygens (including phenoxy) is 1. The summed E-state index contributed by atoms with van der Waals surface area (Å²) in [5.41, 5.74) is 5.82. The molecule has 0 radical (unpaired) electrons.